The Balaban J connectivity index is 1.82. The molecule has 0 aliphatic heterocycles. The maximum Gasteiger partial charge on any atom is 0.310 e. The highest BCUT2D eigenvalue weighted by Gasteiger charge is 2.10. The van der Waals surface area contributed by atoms with Gasteiger partial charge in [0.05, 0.1) is 17.0 Å². The van der Waals surface area contributed by atoms with Crippen molar-refractivity contribution in [1.82, 2.24) is 0 Å². The third-order valence-corrected chi connectivity index (χ3v) is 3.52. The lowest BCUT2D eigenvalue weighted by Gasteiger charge is -2.07. The van der Waals surface area contributed by atoms with Crippen LogP contribution in [0.3, 0.4) is 0 Å². The predicted octanol–water partition coefficient (Wildman–Crippen LogP) is 3.24. The minimum atomic E-state index is -0.480. The molecule has 0 fully saturated rings. The molecular formula is C18H15ClN2O3. The first-order valence-electron chi connectivity index (χ1n) is 7.18. The average Bonchev–Trinajstić information content (AvgIpc) is 2.55. The fourth-order valence-electron chi connectivity index (χ4n) is 1.95. The van der Waals surface area contributed by atoms with E-state index in [2.05, 4.69) is 5.32 Å². The topological polar surface area (TPSA) is 79.2 Å². The lowest BCUT2D eigenvalue weighted by Crippen LogP contribution is -2.21. The van der Waals surface area contributed by atoms with Gasteiger partial charge in [0.15, 0.2) is 6.61 Å². The van der Waals surface area contributed by atoms with Crippen molar-refractivity contribution in [2.45, 2.75) is 13.3 Å². The van der Waals surface area contributed by atoms with Crippen molar-refractivity contribution < 1.29 is 14.3 Å². The summed E-state index contributed by atoms with van der Waals surface area (Å²) in [6.45, 7) is 1.57. The molecule has 0 aliphatic rings. The molecule has 1 amide bonds. The molecule has 0 atom stereocenters. The maximum atomic E-state index is 11.8. The standard InChI is InChI=1S/C18H15ClN2O3/c1-12-2-4-13(5-3-12)8-18(23)24-11-17(22)21-15-7-6-14(10-20)16(19)9-15/h2-7,9H,8,11H2,1H3,(H,21,22). The van der Waals surface area contributed by atoms with Crippen molar-refractivity contribution in [3.8, 4) is 6.07 Å². The molecule has 0 spiro atoms. The Morgan fingerprint density at radius 2 is 1.92 bits per heavy atom. The first kappa shape index (κ1) is 17.5. The fraction of sp³-hybridized carbons (Fsp3) is 0.167. The van der Waals surface area contributed by atoms with Gasteiger partial charge in [-0.3, -0.25) is 9.59 Å². The monoisotopic (exact) mass is 342 g/mol. The number of benzene rings is 2. The lowest BCUT2D eigenvalue weighted by molar-refractivity contribution is -0.146. The summed E-state index contributed by atoms with van der Waals surface area (Å²) in [4.78, 5) is 23.5. The van der Waals surface area contributed by atoms with Gasteiger partial charge in [0.25, 0.3) is 5.91 Å². The van der Waals surface area contributed by atoms with Crippen molar-refractivity contribution in [2.75, 3.05) is 11.9 Å². The molecule has 122 valence electrons. The van der Waals surface area contributed by atoms with E-state index in [-0.39, 0.29) is 18.1 Å². The van der Waals surface area contributed by atoms with E-state index < -0.39 is 11.9 Å². The zero-order valence-electron chi connectivity index (χ0n) is 13.0. The fourth-order valence-corrected chi connectivity index (χ4v) is 2.17. The number of ether oxygens (including phenoxy) is 1. The number of carbonyl (C=O) groups is 2. The van der Waals surface area contributed by atoms with Crippen molar-refractivity contribution >= 4 is 29.2 Å². The van der Waals surface area contributed by atoms with Crippen molar-refractivity contribution in [2.24, 2.45) is 0 Å². The van der Waals surface area contributed by atoms with Gasteiger partial charge < -0.3 is 10.1 Å². The van der Waals surface area contributed by atoms with E-state index in [1.807, 2.05) is 37.3 Å². The number of nitrogens with zero attached hydrogens (tertiary/aromatic N) is 1. The number of esters is 1. The Bertz CT molecular complexity index is 795. The molecule has 0 bridgehead atoms. The van der Waals surface area contributed by atoms with Gasteiger partial charge in [0, 0.05) is 5.69 Å². The smallest absolute Gasteiger partial charge is 0.310 e. The Hall–Kier alpha value is -2.84. The van der Waals surface area contributed by atoms with Crippen LogP contribution in [0.5, 0.6) is 0 Å². The van der Waals surface area contributed by atoms with Gasteiger partial charge in [0.1, 0.15) is 6.07 Å². The van der Waals surface area contributed by atoms with Gasteiger partial charge in [0.2, 0.25) is 0 Å². The summed E-state index contributed by atoms with van der Waals surface area (Å²) in [7, 11) is 0. The van der Waals surface area contributed by atoms with E-state index in [9.17, 15) is 9.59 Å². The van der Waals surface area contributed by atoms with Gasteiger partial charge in [-0.15, -0.1) is 0 Å². The van der Waals surface area contributed by atoms with Crippen LogP contribution in [0.4, 0.5) is 5.69 Å². The predicted molar refractivity (Wildman–Crippen MR) is 90.6 cm³/mol. The van der Waals surface area contributed by atoms with Crippen LogP contribution in [-0.2, 0) is 20.7 Å². The number of rotatable bonds is 5. The third kappa shape index (κ3) is 5.11. The summed E-state index contributed by atoms with van der Waals surface area (Å²) in [5.74, 6) is -0.958. The highest BCUT2D eigenvalue weighted by atomic mass is 35.5. The number of nitrogens with one attached hydrogen (secondary N) is 1. The van der Waals surface area contributed by atoms with E-state index in [1.54, 1.807) is 6.07 Å². The lowest BCUT2D eigenvalue weighted by atomic mass is 10.1. The maximum absolute atomic E-state index is 11.8. The molecule has 5 nitrogen and oxygen atoms in total. The largest absolute Gasteiger partial charge is 0.455 e. The van der Waals surface area contributed by atoms with Gasteiger partial charge in [-0.1, -0.05) is 41.4 Å². The van der Waals surface area contributed by atoms with Crippen LogP contribution in [0, 0.1) is 18.3 Å². The molecule has 0 saturated carbocycles. The highest BCUT2D eigenvalue weighted by Crippen LogP contribution is 2.20. The minimum absolute atomic E-state index is 0.107. The molecule has 2 aromatic carbocycles. The molecule has 0 unspecified atom stereocenters. The second-order valence-electron chi connectivity index (χ2n) is 5.18. The molecule has 0 heterocycles. The summed E-state index contributed by atoms with van der Waals surface area (Å²) in [6.07, 6.45) is 0.107. The molecule has 1 N–H and O–H groups in total. The van der Waals surface area contributed by atoms with Crippen LogP contribution in [0.1, 0.15) is 16.7 Å². The van der Waals surface area contributed by atoms with Crippen LogP contribution in [-0.4, -0.2) is 18.5 Å². The number of aryl methyl sites for hydroxylation is 1. The van der Waals surface area contributed by atoms with Crippen LogP contribution in [0.15, 0.2) is 42.5 Å². The first-order valence-corrected chi connectivity index (χ1v) is 7.56. The van der Waals surface area contributed by atoms with Crippen molar-refractivity contribution in [3.63, 3.8) is 0 Å². The molecule has 0 aliphatic carbocycles. The Morgan fingerprint density at radius 1 is 1.21 bits per heavy atom. The Labute approximate surface area is 144 Å². The molecule has 2 rings (SSSR count). The second kappa shape index (κ2) is 8.14. The van der Waals surface area contributed by atoms with Gasteiger partial charge in [-0.05, 0) is 30.7 Å². The average molecular weight is 343 g/mol. The van der Waals surface area contributed by atoms with E-state index >= 15 is 0 Å². The summed E-state index contributed by atoms with van der Waals surface area (Å²) < 4.78 is 4.95. The zero-order valence-corrected chi connectivity index (χ0v) is 13.8. The minimum Gasteiger partial charge on any atom is -0.455 e. The second-order valence-corrected chi connectivity index (χ2v) is 5.58. The summed E-state index contributed by atoms with van der Waals surface area (Å²) in [6, 6.07) is 13.9. The van der Waals surface area contributed by atoms with Gasteiger partial charge in [-0.25, -0.2) is 0 Å². The molecular weight excluding hydrogens is 328 g/mol. The molecule has 0 radical (unpaired) electrons. The van der Waals surface area contributed by atoms with E-state index in [4.69, 9.17) is 21.6 Å². The quantitative estimate of drug-likeness (QED) is 0.846. The molecule has 24 heavy (non-hydrogen) atoms. The van der Waals surface area contributed by atoms with Crippen molar-refractivity contribution in [1.29, 1.82) is 5.26 Å². The number of hydrogen-bond donors (Lipinski definition) is 1. The van der Waals surface area contributed by atoms with Crippen molar-refractivity contribution in [3.05, 3.63) is 64.2 Å². The number of nitriles is 1. The molecule has 2 aromatic rings. The number of amides is 1. The van der Waals surface area contributed by atoms with Gasteiger partial charge >= 0.3 is 5.97 Å². The number of hydrogen-bond acceptors (Lipinski definition) is 4. The van der Waals surface area contributed by atoms with Crippen LogP contribution < -0.4 is 5.32 Å². The van der Waals surface area contributed by atoms with Crippen LogP contribution >= 0.6 is 11.6 Å². The SMILES string of the molecule is Cc1ccc(CC(=O)OCC(=O)Nc2ccc(C#N)c(Cl)c2)cc1. The highest BCUT2D eigenvalue weighted by molar-refractivity contribution is 6.32. The van der Waals surface area contributed by atoms with E-state index in [1.165, 1.54) is 12.1 Å². The number of halogens is 1. The number of anilines is 1. The van der Waals surface area contributed by atoms with E-state index in [0.29, 0.717) is 11.3 Å². The number of carbonyl (C=O) groups excluding carboxylic acids is 2. The summed E-state index contributed by atoms with van der Waals surface area (Å²) >= 11 is 5.88. The van der Waals surface area contributed by atoms with E-state index in [0.717, 1.165) is 11.1 Å². The van der Waals surface area contributed by atoms with Gasteiger partial charge in [-0.2, -0.15) is 5.26 Å². The Morgan fingerprint density at radius 3 is 2.54 bits per heavy atom. The molecule has 0 aromatic heterocycles. The van der Waals surface area contributed by atoms with Crippen LogP contribution in [0.25, 0.3) is 0 Å². The first-order chi connectivity index (χ1) is 11.5. The normalized spacial score (nSPS) is 9.88. The zero-order chi connectivity index (χ0) is 17.5. The Kier molecular flexibility index (Phi) is 5.94. The molecule has 0 saturated heterocycles. The summed E-state index contributed by atoms with van der Waals surface area (Å²) in [5.41, 5.74) is 2.68. The summed E-state index contributed by atoms with van der Waals surface area (Å²) in [5, 5.41) is 11.6. The molecule has 6 heteroatoms. The van der Waals surface area contributed by atoms with Crippen LogP contribution in [0.2, 0.25) is 5.02 Å². The third-order valence-electron chi connectivity index (χ3n) is 3.21.